The van der Waals surface area contributed by atoms with Crippen molar-refractivity contribution in [1.29, 1.82) is 0 Å². The number of aromatic hydroxyl groups is 1. The Morgan fingerprint density at radius 1 is 1.11 bits per heavy atom. The van der Waals surface area contributed by atoms with Gasteiger partial charge in [-0.25, -0.2) is 5.43 Å². The van der Waals surface area contributed by atoms with E-state index in [2.05, 4.69) is 17.5 Å². The van der Waals surface area contributed by atoms with Gasteiger partial charge in [0.2, 0.25) is 5.91 Å². The number of nitrogens with one attached hydrogen (secondary N) is 1. The summed E-state index contributed by atoms with van der Waals surface area (Å²) in [5.74, 6) is 0.563. The molecular formula is C23H22N2O2. The number of hydrazone groups is 1. The molecule has 4 rings (SSSR count). The smallest absolute Gasteiger partial charge is 0.244 e. The highest BCUT2D eigenvalue weighted by atomic mass is 16.3. The lowest BCUT2D eigenvalue weighted by Crippen LogP contribution is -2.25. The molecule has 1 aliphatic rings. The van der Waals surface area contributed by atoms with Crippen LogP contribution >= 0.6 is 0 Å². The predicted molar refractivity (Wildman–Crippen MR) is 108 cm³/mol. The average molecular weight is 358 g/mol. The van der Waals surface area contributed by atoms with Crippen molar-refractivity contribution in [3.63, 3.8) is 0 Å². The fraction of sp³-hybridized carbons (Fsp3) is 0.217. The number of hydrogen-bond acceptors (Lipinski definition) is 3. The number of phenols is 1. The first-order valence-electron chi connectivity index (χ1n) is 9.24. The van der Waals surface area contributed by atoms with Crippen molar-refractivity contribution in [3.05, 3.63) is 77.4 Å². The van der Waals surface area contributed by atoms with E-state index in [1.807, 2.05) is 48.5 Å². The molecule has 0 aliphatic heterocycles. The van der Waals surface area contributed by atoms with Gasteiger partial charge in [-0.2, -0.15) is 5.10 Å². The van der Waals surface area contributed by atoms with E-state index in [4.69, 9.17) is 0 Å². The minimum absolute atomic E-state index is 0.127. The summed E-state index contributed by atoms with van der Waals surface area (Å²) in [6.07, 6.45) is 2.01. The van der Waals surface area contributed by atoms with Crippen LogP contribution in [0.25, 0.3) is 10.8 Å². The summed E-state index contributed by atoms with van der Waals surface area (Å²) < 4.78 is 0. The minimum Gasteiger partial charge on any atom is -0.508 e. The summed E-state index contributed by atoms with van der Waals surface area (Å²) in [5, 5.41) is 16.4. The van der Waals surface area contributed by atoms with Crippen LogP contribution in [0.4, 0.5) is 0 Å². The zero-order valence-corrected chi connectivity index (χ0v) is 15.3. The number of amides is 1. The van der Waals surface area contributed by atoms with Gasteiger partial charge in [-0.15, -0.1) is 0 Å². The summed E-state index contributed by atoms with van der Waals surface area (Å²) in [6, 6.07) is 19.4. The molecule has 3 aromatic carbocycles. The second-order valence-corrected chi connectivity index (χ2v) is 7.26. The highest BCUT2D eigenvalue weighted by Gasteiger charge is 2.21. The van der Waals surface area contributed by atoms with E-state index >= 15 is 0 Å². The third kappa shape index (κ3) is 3.70. The van der Waals surface area contributed by atoms with Crippen molar-refractivity contribution in [2.24, 2.45) is 11.0 Å². The molecule has 1 amide bonds. The van der Waals surface area contributed by atoms with Crippen LogP contribution in [0.15, 0.2) is 65.8 Å². The first kappa shape index (κ1) is 17.3. The second-order valence-electron chi connectivity index (χ2n) is 7.26. The van der Waals surface area contributed by atoms with Gasteiger partial charge in [-0.3, -0.25) is 4.79 Å². The van der Waals surface area contributed by atoms with E-state index in [1.165, 1.54) is 0 Å². The Hall–Kier alpha value is -3.14. The van der Waals surface area contributed by atoms with Crippen molar-refractivity contribution in [3.8, 4) is 5.75 Å². The molecule has 0 radical (unpaired) electrons. The van der Waals surface area contributed by atoms with Crippen LogP contribution in [0.2, 0.25) is 0 Å². The number of carbonyl (C=O) groups is 1. The Kier molecular flexibility index (Phi) is 4.63. The lowest BCUT2D eigenvalue weighted by molar-refractivity contribution is -0.120. The molecule has 0 saturated heterocycles. The van der Waals surface area contributed by atoms with Crippen LogP contribution in [0.5, 0.6) is 5.75 Å². The summed E-state index contributed by atoms with van der Waals surface area (Å²) in [5.41, 5.74) is 6.68. The standard InChI is InChI=1S/C23H22N2O2/c1-15-11-18-13-19(26)9-10-21(18)22(12-15)24-25-23(27)14-17-7-4-6-16-5-2-3-8-20(16)17/h2-10,13,15,26H,11-12,14H2,1H3,(H,25,27)/t15-/m1/s1. The van der Waals surface area contributed by atoms with Gasteiger partial charge in [0.1, 0.15) is 5.75 Å². The van der Waals surface area contributed by atoms with Crippen molar-refractivity contribution >= 4 is 22.4 Å². The Morgan fingerprint density at radius 3 is 2.81 bits per heavy atom. The Labute approximate surface area is 158 Å². The first-order chi connectivity index (χ1) is 13.1. The number of fused-ring (bicyclic) bond motifs is 2. The normalized spacial score (nSPS) is 17.7. The molecule has 1 atom stereocenters. The quantitative estimate of drug-likeness (QED) is 0.690. The zero-order valence-electron chi connectivity index (χ0n) is 15.3. The van der Waals surface area contributed by atoms with Crippen LogP contribution in [-0.4, -0.2) is 16.7 Å². The summed E-state index contributed by atoms with van der Waals surface area (Å²) in [4.78, 5) is 12.5. The highest BCUT2D eigenvalue weighted by molar-refractivity contribution is 6.03. The predicted octanol–water partition coefficient (Wildman–Crippen LogP) is 4.19. The molecule has 4 heteroatoms. The molecule has 4 nitrogen and oxygen atoms in total. The molecule has 0 spiro atoms. The Morgan fingerprint density at radius 2 is 1.93 bits per heavy atom. The lowest BCUT2D eigenvalue weighted by atomic mass is 9.83. The van der Waals surface area contributed by atoms with Crippen LogP contribution in [0.1, 0.15) is 30.0 Å². The van der Waals surface area contributed by atoms with E-state index in [0.717, 1.165) is 46.0 Å². The molecule has 0 saturated carbocycles. The van der Waals surface area contributed by atoms with Crippen LogP contribution in [0.3, 0.4) is 0 Å². The molecule has 3 aromatic rings. The summed E-state index contributed by atoms with van der Waals surface area (Å²) >= 11 is 0. The first-order valence-corrected chi connectivity index (χ1v) is 9.24. The number of phenolic OH excluding ortho intramolecular Hbond substituents is 1. The monoisotopic (exact) mass is 358 g/mol. The maximum atomic E-state index is 12.5. The van der Waals surface area contributed by atoms with Crippen LogP contribution in [0, 0.1) is 5.92 Å². The van der Waals surface area contributed by atoms with Crippen LogP contribution in [-0.2, 0) is 17.6 Å². The largest absolute Gasteiger partial charge is 0.508 e. The molecule has 1 aliphatic carbocycles. The van der Waals surface area contributed by atoms with Gasteiger partial charge < -0.3 is 5.11 Å². The van der Waals surface area contributed by atoms with Crippen molar-refractivity contribution in [2.75, 3.05) is 0 Å². The highest BCUT2D eigenvalue weighted by Crippen LogP contribution is 2.28. The Bertz CT molecular complexity index is 1030. The molecular weight excluding hydrogens is 336 g/mol. The number of hydrogen-bond donors (Lipinski definition) is 2. The summed E-state index contributed by atoms with van der Waals surface area (Å²) in [7, 11) is 0. The Balaban J connectivity index is 1.54. The maximum absolute atomic E-state index is 12.5. The van der Waals surface area contributed by atoms with Gasteiger partial charge >= 0.3 is 0 Å². The molecule has 136 valence electrons. The van der Waals surface area contributed by atoms with E-state index in [-0.39, 0.29) is 18.1 Å². The molecule has 2 N–H and O–H groups in total. The third-order valence-corrected chi connectivity index (χ3v) is 5.06. The van der Waals surface area contributed by atoms with Crippen molar-refractivity contribution < 1.29 is 9.90 Å². The third-order valence-electron chi connectivity index (χ3n) is 5.06. The van der Waals surface area contributed by atoms with Crippen molar-refractivity contribution in [2.45, 2.75) is 26.2 Å². The maximum Gasteiger partial charge on any atom is 0.244 e. The van der Waals surface area contributed by atoms with Gasteiger partial charge in [0.25, 0.3) is 0 Å². The number of rotatable bonds is 3. The number of carbonyl (C=O) groups excluding carboxylic acids is 1. The van der Waals surface area contributed by atoms with Crippen LogP contribution < -0.4 is 5.43 Å². The van der Waals surface area contributed by atoms with Gasteiger partial charge in [-0.05, 0) is 58.9 Å². The molecule has 0 fully saturated rings. The van der Waals surface area contributed by atoms with Gasteiger partial charge in [0.05, 0.1) is 12.1 Å². The minimum atomic E-state index is -0.127. The van der Waals surface area contributed by atoms with Crippen molar-refractivity contribution in [1.82, 2.24) is 5.43 Å². The van der Waals surface area contributed by atoms with Gasteiger partial charge in [-0.1, -0.05) is 49.4 Å². The zero-order chi connectivity index (χ0) is 18.8. The molecule has 0 unspecified atom stereocenters. The lowest BCUT2D eigenvalue weighted by Gasteiger charge is -2.23. The fourth-order valence-electron chi connectivity index (χ4n) is 3.81. The summed E-state index contributed by atoms with van der Waals surface area (Å²) in [6.45, 7) is 2.15. The van der Waals surface area contributed by atoms with Gasteiger partial charge in [0.15, 0.2) is 0 Å². The molecule has 0 heterocycles. The van der Waals surface area contributed by atoms with E-state index in [9.17, 15) is 9.90 Å². The number of benzene rings is 3. The van der Waals surface area contributed by atoms with E-state index in [1.54, 1.807) is 12.1 Å². The fourth-order valence-corrected chi connectivity index (χ4v) is 3.81. The molecule has 27 heavy (non-hydrogen) atoms. The second kappa shape index (κ2) is 7.23. The average Bonchev–Trinajstić information content (AvgIpc) is 2.66. The van der Waals surface area contributed by atoms with E-state index < -0.39 is 0 Å². The topological polar surface area (TPSA) is 61.7 Å². The molecule has 0 aromatic heterocycles. The van der Waals surface area contributed by atoms with E-state index in [0.29, 0.717) is 5.92 Å². The van der Waals surface area contributed by atoms with Gasteiger partial charge in [0, 0.05) is 5.56 Å². The number of nitrogens with zero attached hydrogens (tertiary/aromatic N) is 1. The SMILES string of the molecule is C[C@H]1CC(=NNC(=O)Cc2cccc3ccccc23)c2ccc(O)cc2C1. The molecule has 0 bridgehead atoms.